The zero-order chi connectivity index (χ0) is 20.7. The fourth-order valence-corrected chi connectivity index (χ4v) is 5.28. The van der Waals surface area contributed by atoms with Crippen LogP contribution in [-0.2, 0) is 19.1 Å². The molecule has 0 aliphatic rings. The van der Waals surface area contributed by atoms with Gasteiger partial charge in [-0.25, -0.2) is 8.42 Å². The van der Waals surface area contributed by atoms with Gasteiger partial charge < -0.3 is 4.43 Å². The minimum atomic E-state index is -3.73. The smallest absolute Gasteiger partial charge is 0.191 e. The lowest BCUT2D eigenvalue weighted by Crippen LogP contribution is -2.42. The average molecular weight is 411 g/mol. The second-order valence-electron chi connectivity index (χ2n) is 8.39. The standard InChI is InChI=1S/C21H34O4SSi/c1-7-8-10-15-19(22)20(16-17-25-27(5,6)21(2,3)4)26(23,24)18-13-11-9-12-14-18/h7,9,11-14,20H,1,8,10,15-17H2,2-6H3. The van der Waals surface area contributed by atoms with E-state index in [1.54, 1.807) is 36.4 Å². The predicted molar refractivity (Wildman–Crippen MR) is 114 cm³/mol. The molecule has 0 bridgehead atoms. The highest BCUT2D eigenvalue weighted by Crippen LogP contribution is 2.36. The molecule has 0 saturated carbocycles. The molecule has 1 atom stereocenters. The Kier molecular flexibility index (Phi) is 8.64. The van der Waals surface area contributed by atoms with Crippen LogP contribution in [0.4, 0.5) is 0 Å². The van der Waals surface area contributed by atoms with Crippen molar-refractivity contribution in [2.75, 3.05) is 6.61 Å². The van der Waals surface area contributed by atoms with Gasteiger partial charge in [0.05, 0.1) is 4.90 Å². The van der Waals surface area contributed by atoms with E-state index >= 15 is 0 Å². The summed E-state index contributed by atoms with van der Waals surface area (Å²) < 4.78 is 32.3. The Hall–Kier alpha value is -1.24. The Morgan fingerprint density at radius 1 is 1.22 bits per heavy atom. The molecule has 1 rings (SSSR count). The van der Waals surface area contributed by atoms with Crippen LogP contribution in [-0.4, -0.2) is 34.4 Å². The number of allylic oxidation sites excluding steroid dienone is 1. The van der Waals surface area contributed by atoms with Crippen molar-refractivity contribution < 1.29 is 17.6 Å². The number of sulfone groups is 1. The second-order valence-corrected chi connectivity index (χ2v) is 15.3. The molecule has 0 spiro atoms. The van der Waals surface area contributed by atoms with E-state index in [-0.39, 0.29) is 35.2 Å². The largest absolute Gasteiger partial charge is 0.417 e. The number of carbonyl (C=O) groups excluding carboxylic acids is 1. The van der Waals surface area contributed by atoms with Gasteiger partial charge in [-0.15, -0.1) is 6.58 Å². The molecule has 0 aliphatic heterocycles. The van der Waals surface area contributed by atoms with Gasteiger partial charge in [0.2, 0.25) is 0 Å². The second kappa shape index (κ2) is 9.80. The van der Waals surface area contributed by atoms with Crippen LogP contribution >= 0.6 is 0 Å². The molecule has 0 radical (unpaired) electrons. The van der Waals surface area contributed by atoms with Crippen molar-refractivity contribution in [1.29, 1.82) is 0 Å². The van der Waals surface area contributed by atoms with E-state index in [2.05, 4.69) is 40.4 Å². The lowest BCUT2D eigenvalue weighted by Gasteiger charge is -2.36. The van der Waals surface area contributed by atoms with Crippen LogP contribution in [0.15, 0.2) is 47.9 Å². The fraction of sp³-hybridized carbons (Fsp3) is 0.571. The SMILES string of the molecule is C=CCCCC(=O)C(CCO[Si](C)(C)C(C)(C)C)S(=O)(=O)c1ccccc1. The molecular formula is C21H34O4SSi. The van der Waals surface area contributed by atoms with Crippen molar-refractivity contribution in [2.24, 2.45) is 0 Å². The van der Waals surface area contributed by atoms with Crippen molar-refractivity contribution in [3.05, 3.63) is 43.0 Å². The number of ketones is 1. The number of hydrogen-bond donors (Lipinski definition) is 0. The molecule has 0 N–H and O–H groups in total. The summed E-state index contributed by atoms with van der Waals surface area (Å²) in [7, 11) is -5.73. The minimum absolute atomic E-state index is 0.0365. The van der Waals surface area contributed by atoms with Gasteiger partial charge in [-0.2, -0.15) is 0 Å². The highest BCUT2D eigenvalue weighted by Gasteiger charge is 2.38. The molecule has 0 saturated heterocycles. The van der Waals surface area contributed by atoms with E-state index in [0.717, 1.165) is 0 Å². The molecule has 0 aromatic heterocycles. The summed E-state index contributed by atoms with van der Waals surface area (Å²) in [6, 6.07) is 8.22. The molecular weight excluding hydrogens is 376 g/mol. The molecule has 27 heavy (non-hydrogen) atoms. The normalized spacial score (nSPS) is 14.0. The van der Waals surface area contributed by atoms with Gasteiger partial charge >= 0.3 is 0 Å². The highest BCUT2D eigenvalue weighted by molar-refractivity contribution is 7.92. The van der Waals surface area contributed by atoms with Crippen LogP contribution in [0.5, 0.6) is 0 Å². The first kappa shape index (κ1) is 23.8. The Balaban J connectivity index is 2.98. The van der Waals surface area contributed by atoms with Crippen LogP contribution in [0.2, 0.25) is 18.1 Å². The summed E-state index contributed by atoms with van der Waals surface area (Å²) >= 11 is 0. The van der Waals surface area contributed by atoms with Crippen LogP contribution in [0.3, 0.4) is 0 Å². The third-order valence-electron chi connectivity index (χ3n) is 5.29. The summed E-state index contributed by atoms with van der Waals surface area (Å²) in [5, 5.41) is -1.02. The van der Waals surface area contributed by atoms with Gasteiger partial charge in [0.1, 0.15) is 5.25 Å². The zero-order valence-corrected chi connectivity index (χ0v) is 19.1. The first-order chi connectivity index (χ1) is 12.4. The molecule has 152 valence electrons. The van der Waals surface area contributed by atoms with E-state index in [1.807, 2.05) is 0 Å². The molecule has 1 unspecified atom stereocenters. The topological polar surface area (TPSA) is 60.4 Å². The first-order valence-electron chi connectivity index (χ1n) is 9.50. The molecule has 0 amide bonds. The first-order valence-corrected chi connectivity index (χ1v) is 14.0. The molecule has 4 nitrogen and oxygen atoms in total. The Labute approximate surface area is 166 Å². The Bertz CT molecular complexity index is 718. The van der Waals surface area contributed by atoms with Crippen LogP contribution < -0.4 is 0 Å². The van der Waals surface area contributed by atoms with Gasteiger partial charge in [-0.3, -0.25) is 4.79 Å². The molecule has 6 heteroatoms. The van der Waals surface area contributed by atoms with Crippen molar-refractivity contribution in [3.8, 4) is 0 Å². The van der Waals surface area contributed by atoms with Crippen molar-refractivity contribution in [3.63, 3.8) is 0 Å². The summed E-state index contributed by atoms with van der Waals surface area (Å²) in [5.41, 5.74) is 0. The maximum Gasteiger partial charge on any atom is 0.191 e. The summed E-state index contributed by atoms with van der Waals surface area (Å²) in [4.78, 5) is 12.9. The van der Waals surface area contributed by atoms with Gasteiger partial charge in [0, 0.05) is 13.0 Å². The number of unbranched alkanes of at least 4 members (excludes halogenated alkanes) is 1. The number of rotatable bonds is 11. The predicted octanol–water partition coefficient (Wildman–Crippen LogP) is 5.17. The van der Waals surface area contributed by atoms with E-state index < -0.39 is 23.4 Å². The van der Waals surface area contributed by atoms with Crippen LogP contribution in [0, 0.1) is 0 Å². The third kappa shape index (κ3) is 6.70. The highest BCUT2D eigenvalue weighted by atomic mass is 32.2. The third-order valence-corrected chi connectivity index (χ3v) is 12.0. The summed E-state index contributed by atoms with van der Waals surface area (Å²) in [6.07, 6.45) is 3.49. The number of Topliss-reactive ketones (excluding diaryl/α,β-unsaturated/α-hetero) is 1. The summed E-state index contributed by atoms with van der Waals surface area (Å²) in [5.74, 6) is -0.237. The van der Waals surface area contributed by atoms with E-state index in [4.69, 9.17) is 4.43 Å². The fourth-order valence-electron chi connectivity index (χ4n) is 2.48. The van der Waals surface area contributed by atoms with Crippen molar-refractivity contribution >= 4 is 23.9 Å². The molecule has 0 fully saturated rings. The zero-order valence-electron chi connectivity index (χ0n) is 17.3. The lowest BCUT2D eigenvalue weighted by molar-refractivity contribution is -0.119. The van der Waals surface area contributed by atoms with E-state index in [1.165, 1.54) is 0 Å². The molecule has 0 heterocycles. The maximum absolute atomic E-state index is 13.1. The number of benzene rings is 1. The van der Waals surface area contributed by atoms with Crippen molar-refractivity contribution in [2.45, 2.75) is 74.7 Å². The Morgan fingerprint density at radius 3 is 2.33 bits per heavy atom. The summed E-state index contributed by atoms with van der Waals surface area (Å²) in [6.45, 7) is 14.6. The van der Waals surface area contributed by atoms with Crippen LogP contribution in [0.1, 0.15) is 46.5 Å². The van der Waals surface area contributed by atoms with E-state index in [0.29, 0.717) is 12.8 Å². The molecule has 1 aromatic rings. The average Bonchev–Trinajstić information content (AvgIpc) is 2.58. The lowest BCUT2D eigenvalue weighted by atomic mass is 10.1. The molecule has 0 aliphatic carbocycles. The minimum Gasteiger partial charge on any atom is -0.417 e. The van der Waals surface area contributed by atoms with Crippen molar-refractivity contribution in [1.82, 2.24) is 0 Å². The molecule has 1 aromatic carbocycles. The van der Waals surface area contributed by atoms with Gasteiger partial charge in [-0.1, -0.05) is 45.0 Å². The van der Waals surface area contributed by atoms with Crippen LogP contribution in [0.25, 0.3) is 0 Å². The van der Waals surface area contributed by atoms with E-state index in [9.17, 15) is 13.2 Å². The number of hydrogen-bond acceptors (Lipinski definition) is 4. The maximum atomic E-state index is 13.1. The Morgan fingerprint density at radius 2 is 1.81 bits per heavy atom. The van der Waals surface area contributed by atoms with Gasteiger partial charge in [0.15, 0.2) is 23.9 Å². The monoisotopic (exact) mass is 410 g/mol. The quantitative estimate of drug-likeness (QED) is 0.287. The van der Waals surface area contributed by atoms with Gasteiger partial charge in [0.25, 0.3) is 0 Å². The number of carbonyl (C=O) groups is 1. The van der Waals surface area contributed by atoms with Gasteiger partial charge in [-0.05, 0) is 49.5 Å².